The molecule has 1 aromatic rings. The number of hydrogen-bond donors (Lipinski definition) is 0. The van der Waals surface area contributed by atoms with E-state index in [0.29, 0.717) is 5.75 Å². The molecule has 1 aromatic carbocycles. The second kappa shape index (κ2) is 7.44. The maximum Gasteiger partial charge on any atom is 0.378 e. The Balaban J connectivity index is 1.89. The van der Waals surface area contributed by atoms with Gasteiger partial charge in [0, 0.05) is 0 Å². The monoisotopic (exact) mass is 316 g/mol. The maximum atomic E-state index is 12.1. The molecule has 124 valence electrons. The Morgan fingerprint density at radius 3 is 2.35 bits per heavy atom. The molecule has 1 aliphatic carbocycles. The van der Waals surface area contributed by atoms with Crippen molar-refractivity contribution in [3.8, 4) is 5.75 Å². The van der Waals surface area contributed by atoms with Crippen molar-refractivity contribution in [3.63, 3.8) is 0 Å². The van der Waals surface area contributed by atoms with E-state index in [0.717, 1.165) is 31.2 Å². The van der Waals surface area contributed by atoms with Gasteiger partial charge in [-0.3, -0.25) is 4.79 Å². The van der Waals surface area contributed by atoms with Crippen molar-refractivity contribution in [2.24, 2.45) is 5.92 Å². The van der Waals surface area contributed by atoms with Crippen LogP contribution in [0.1, 0.15) is 45.1 Å². The largest absolute Gasteiger partial charge is 0.485 e. The lowest BCUT2D eigenvalue weighted by atomic mass is 9.88. The molecule has 0 atom stereocenters. The fourth-order valence-corrected chi connectivity index (χ4v) is 2.92. The van der Waals surface area contributed by atoms with Crippen LogP contribution in [0.25, 0.3) is 6.08 Å². The zero-order valence-electron chi connectivity index (χ0n) is 13.8. The van der Waals surface area contributed by atoms with Gasteiger partial charge in [-0.1, -0.05) is 38.6 Å². The molecule has 0 amide bonds. The van der Waals surface area contributed by atoms with Gasteiger partial charge in [-0.15, -0.1) is 0 Å². The van der Waals surface area contributed by atoms with E-state index in [1.54, 1.807) is 18.2 Å². The van der Waals surface area contributed by atoms with E-state index in [4.69, 9.17) is 9.47 Å². The van der Waals surface area contributed by atoms with E-state index in [1.807, 2.05) is 26.0 Å². The number of ether oxygens (including phenoxy) is 2. The first-order valence-electron chi connectivity index (χ1n) is 8.08. The Morgan fingerprint density at radius 2 is 1.83 bits per heavy atom. The molecule has 4 nitrogen and oxygen atoms in total. The molecule has 0 radical (unpaired) electrons. The molecule has 4 heteroatoms. The normalized spacial score (nSPS) is 16.1. The minimum atomic E-state index is -0.789. The van der Waals surface area contributed by atoms with Crippen LogP contribution in [0, 0.1) is 5.92 Å². The molecule has 0 aliphatic heterocycles. The lowest BCUT2D eigenvalue weighted by Crippen LogP contribution is -2.40. The second-order valence-corrected chi connectivity index (χ2v) is 6.30. The van der Waals surface area contributed by atoms with Gasteiger partial charge in [0.2, 0.25) is 0 Å². The fraction of sp³-hybridized carbons (Fsp3) is 0.474. The number of carbonyl (C=O) groups excluding carboxylic acids is 2. The van der Waals surface area contributed by atoms with Gasteiger partial charge < -0.3 is 9.47 Å². The average Bonchev–Trinajstić information content (AvgIpc) is 3.03. The fourth-order valence-electron chi connectivity index (χ4n) is 2.92. The van der Waals surface area contributed by atoms with Crippen LogP contribution in [0.3, 0.4) is 0 Å². The quantitative estimate of drug-likeness (QED) is 0.567. The van der Waals surface area contributed by atoms with E-state index in [2.05, 4.69) is 6.58 Å². The van der Waals surface area contributed by atoms with Gasteiger partial charge in [-0.2, -0.15) is 0 Å². The van der Waals surface area contributed by atoms with E-state index < -0.39 is 17.4 Å². The highest BCUT2D eigenvalue weighted by molar-refractivity contribution is 6.34. The first-order valence-corrected chi connectivity index (χ1v) is 8.08. The summed E-state index contributed by atoms with van der Waals surface area (Å²) < 4.78 is 10.9. The van der Waals surface area contributed by atoms with Crippen LogP contribution < -0.4 is 4.74 Å². The standard InChI is InChI=1S/C19H24O4/c1-4-15-7-9-16(10-8-15)22-13-17(20)18(21)23-19(14(2)3)11-5-6-12-19/h4,7-10,14H,1,5-6,11-13H2,2-3H3. The summed E-state index contributed by atoms with van der Waals surface area (Å²) in [5, 5.41) is 0. The Morgan fingerprint density at radius 1 is 1.22 bits per heavy atom. The van der Waals surface area contributed by atoms with Gasteiger partial charge in [-0.05, 0) is 49.3 Å². The van der Waals surface area contributed by atoms with Crippen molar-refractivity contribution in [1.29, 1.82) is 0 Å². The summed E-state index contributed by atoms with van der Waals surface area (Å²) in [6.07, 6.45) is 5.44. The Kier molecular flexibility index (Phi) is 5.59. The van der Waals surface area contributed by atoms with Crippen LogP contribution in [0.4, 0.5) is 0 Å². The van der Waals surface area contributed by atoms with Gasteiger partial charge >= 0.3 is 5.97 Å². The van der Waals surface area contributed by atoms with Crippen molar-refractivity contribution >= 4 is 17.8 Å². The smallest absolute Gasteiger partial charge is 0.378 e. The summed E-state index contributed by atoms with van der Waals surface area (Å²) in [6, 6.07) is 7.14. The molecule has 0 aromatic heterocycles. The number of rotatable bonds is 7. The molecule has 0 bridgehead atoms. The van der Waals surface area contributed by atoms with Gasteiger partial charge in [0.1, 0.15) is 11.4 Å². The number of Topliss-reactive ketones (excluding diaryl/α,β-unsaturated/α-hetero) is 1. The van der Waals surface area contributed by atoms with Crippen LogP contribution >= 0.6 is 0 Å². The van der Waals surface area contributed by atoms with Gasteiger partial charge in [0.05, 0.1) is 0 Å². The molecule has 0 heterocycles. The lowest BCUT2D eigenvalue weighted by Gasteiger charge is -2.32. The van der Waals surface area contributed by atoms with E-state index >= 15 is 0 Å². The predicted octanol–water partition coefficient (Wildman–Crippen LogP) is 3.79. The minimum absolute atomic E-state index is 0.203. The third-order valence-corrected chi connectivity index (χ3v) is 4.51. The second-order valence-electron chi connectivity index (χ2n) is 6.30. The zero-order valence-corrected chi connectivity index (χ0v) is 13.8. The summed E-state index contributed by atoms with van der Waals surface area (Å²) in [7, 11) is 0. The highest BCUT2D eigenvalue weighted by Crippen LogP contribution is 2.39. The molecule has 0 unspecified atom stereocenters. The van der Waals surface area contributed by atoms with Gasteiger partial charge in [0.15, 0.2) is 6.61 Å². The minimum Gasteiger partial charge on any atom is -0.485 e. The molecular weight excluding hydrogens is 292 g/mol. The predicted molar refractivity (Wildman–Crippen MR) is 89.2 cm³/mol. The van der Waals surface area contributed by atoms with Crippen LogP contribution in [0.2, 0.25) is 0 Å². The van der Waals surface area contributed by atoms with Crippen molar-refractivity contribution < 1.29 is 19.1 Å². The van der Waals surface area contributed by atoms with Crippen LogP contribution in [0.15, 0.2) is 30.8 Å². The topological polar surface area (TPSA) is 52.6 Å². The molecule has 0 saturated heterocycles. The highest BCUT2D eigenvalue weighted by Gasteiger charge is 2.41. The Hall–Kier alpha value is -2.10. The zero-order chi connectivity index (χ0) is 16.9. The molecule has 23 heavy (non-hydrogen) atoms. The summed E-state index contributed by atoms with van der Waals surface area (Å²) in [4.78, 5) is 24.0. The van der Waals surface area contributed by atoms with Crippen LogP contribution in [-0.4, -0.2) is 24.0 Å². The summed E-state index contributed by atoms with van der Waals surface area (Å²) in [5.74, 6) is -0.696. The third-order valence-electron chi connectivity index (χ3n) is 4.51. The van der Waals surface area contributed by atoms with Gasteiger partial charge in [-0.25, -0.2) is 4.79 Å². The molecule has 2 rings (SSSR count). The molecule has 0 N–H and O–H groups in total. The number of hydrogen-bond acceptors (Lipinski definition) is 4. The Labute approximate surface area is 137 Å². The Bertz CT molecular complexity index is 566. The van der Waals surface area contributed by atoms with E-state index in [9.17, 15) is 9.59 Å². The summed E-state index contributed by atoms with van der Waals surface area (Å²) in [6.45, 7) is 7.42. The maximum absolute atomic E-state index is 12.1. The van der Waals surface area contributed by atoms with E-state index in [-0.39, 0.29) is 12.5 Å². The lowest BCUT2D eigenvalue weighted by molar-refractivity contribution is -0.170. The molecule has 1 aliphatic rings. The first kappa shape index (κ1) is 17.3. The molecule has 1 fully saturated rings. The summed E-state index contributed by atoms with van der Waals surface area (Å²) in [5.41, 5.74) is 0.474. The van der Waals surface area contributed by atoms with Crippen LogP contribution in [-0.2, 0) is 14.3 Å². The SMILES string of the molecule is C=Cc1ccc(OCC(=O)C(=O)OC2(C(C)C)CCCC2)cc1. The van der Waals surface area contributed by atoms with Crippen LogP contribution in [0.5, 0.6) is 5.75 Å². The number of carbonyl (C=O) groups is 2. The average molecular weight is 316 g/mol. The number of benzene rings is 1. The molecule has 0 spiro atoms. The number of ketones is 1. The summed E-state index contributed by atoms with van der Waals surface area (Å²) >= 11 is 0. The van der Waals surface area contributed by atoms with Crippen molar-refractivity contribution in [2.45, 2.75) is 45.1 Å². The highest BCUT2D eigenvalue weighted by atomic mass is 16.6. The van der Waals surface area contributed by atoms with Crippen molar-refractivity contribution in [1.82, 2.24) is 0 Å². The third kappa shape index (κ3) is 4.21. The molecular formula is C19H24O4. The number of esters is 1. The van der Waals surface area contributed by atoms with Gasteiger partial charge in [0.25, 0.3) is 5.78 Å². The van der Waals surface area contributed by atoms with Crippen molar-refractivity contribution in [2.75, 3.05) is 6.61 Å². The first-order chi connectivity index (χ1) is 11.0. The molecule has 1 saturated carbocycles. The van der Waals surface area contributed by atoms with E-state index in [1.165, 1.54) is 0 Å². The van der Waals surface area contributed by atoms with Crippen molar-refractivity contribution in [3.05, 3.63) is 36.4 Å².